The largest absolute Gasteiger partial charge is 0.387 e. The van der Waals surface area contributed by atoms with Crippen LogP contribution in [0.3, 0.4) is 0 Å². The van der Waals surface area contributed by atoms with E-state index in [4.69, 9.17) is 20.6 Å². The maximum absolute atomic E-state index is 7.58. The van der Waals surface area contributed by atoms with Gasteiger partial charge in [-0.3, -0.25) is 5.41 Å². The van der Waals surface area contributed by atoms with Crippen molar-refractivity contribution in [3.63, 3.8) is 0 Å². The van der Waals surface area contributed by atoms with Crippen LogP contribution in [0.5, 0.6) is 0 Å². The van der Waals surface area contributed by atoms with Crippen LogP contribution in [-0.2, 0) is 9.47 Å². The van der Waals surface area contributed by atoms with Gasteiger partial charge in [0.2, 0.25) is 0 Å². The Balaban J connectivity index is 1.56. The Morgan fingerprint density at radius 3 is 2.45 bits per heavy atom. The van der Waals surface area contributed by atoms with Crippen LogP contribution in [0.2, 0.25) is 0 Å². The summed E-state index contributed by atoms with van der Waals surface area (Å²) in [4.78, 5) is 2.61. The van der Waals surface area contributed by atoms with Crippen LogP contribution in [0.4, 0.5) is 0 Å². The van der Waals surface area contributed by atoms with E-state index < -0.39 is 0 Å². The van der Waals surface area contributed by atoms with Gasteiger partial charge in [-0.05, 0) is 51.6 Å². The van der Waals surface area contributed by atoms with Crippen LogP contribution < -0.4 is 5.73 Å². The van der Waals surface area contributed by atoms with Crippen molar-refractivity contribution >= 4 is 5.84 Å². The molecule has 1 spiro atoms. The normalized spacial score (nSPS) is 32.3. The second kappa shape index (κ2) is 6.00. The second-order valence-corrected chi connectivity index (χ2v) is 6.56. The Hall–Kier alpha value is -0.650. The van der Waals surface area contributed by atoms with Crippen LogP contribution in [0, 0.1) is 11.3 Å². The zero-order chi connectivity index (χ0) is 14.0. The average molecular weight is 281 g/mol. The van der Waals surface area contributed by atoms with Gasteiger partial charge in [0.15, 0.2) is 0 Å². The van der Waals surface area contributed by atoms with Crippen LogP contribution in [0.1, 0.15) is 38.5 Å². The number of ether oxygens (including phenoxy) is 2. The molecule has 0 radical (unpaired) electrons. The lowest BCUT2D eigenvalue weighted by Gasteiger charge is -2.47. The standard InChI is InChI=1S/C15H27N3O2/c16-14(17)12-1-6-18(7-2-12)13-3-8-20-15(11-13)4-9-19-10-5-15/h12-13H,1-11H2,(H3,16,17). The minimum atomic E-state index is 0.0819. The summed E-state index contributed by atoms with van der Waals surface area (Å²) in [7, 11) is 0. The monoisotopic (exact) mass is 281 g/mol. The molecule has 0 aromatic carbocycles. The molecule has 3 saturated heterocycles. The molecule has 0 saturated carbocycles. The molecule has 0 amide bonds. The van der Waals surface area contributed by atoms with Gasteiger partial charge in [-0.1, -0.05) is 0 Å². The molecule has 3 aliphatic rings. The number of nitrogens with one attached hydrogen (secondary N) is 1. The van der Waals surface area contributed by atoms with E-state index in [0.717, 1.165) is 71.4 Å². The molecular formula is C15H27N3O2. The highest BCUT2D eigenvalue weighted by atomic mass is 16.5. The van der Waals surface area contributed by atoms with Gasteiger partial charge in [0.25, 0.3) is 0 Å². The van der Waals surface area contributed by atoms with E-state index in [0.29, 0.717) is 17.8 Å². The van der Waals surface area contributed by atoms with Crippen molar-refractivity contribution < 1.29 is 9.47 Å². The fourth-order valence-corrected chi connectivity index (χ4v) is 3.98. The SMILES string of the molecule is N=C(N)C1CCN(C2CCOC3(CCOCC3)C2)CC1. The second-order valence-electron chi connectivity index (χ2n) is 6.56. The van der Waals surface area contributed by atoms with Gasteiger partial charge >= 0.3 is 0 Å². The lowest BCUT2D eigenvalue weighted by molar-refractivity contribution is -0.152. The average Bonchev–Trinajstić information content (AvgIpc) is 2.48. The molecule has 114 valence electrons. The fourth-order valence-electron chi connectivity index (χ4n) is 3.98. The number of rotatable bonds is 2. The van der Waals surface area contributed by atoms with Gasteiger partial charge < -0.3 is 20.1 Å². The molecule has 0 bridgehead atoms. The number of piperidine rings is 1. The van der Waals surface area contributed by atoms with Gasteiger partial charge in [-0.2, -0.15) is 0 Å². The molecule has 5 nitrogen and oxygen atoms in total. The summed E-state index contributed by atoms with van der Waals surface area (Å²) in [6, 6.07) is 0.648. The first-order valence-corrected chi connectivity index (χ1v) is 7.98. The zero-order valence-corrected chi connectivity index (χ0v) is 12.3. The Morgan fingerprint density at radius 1 is 1.10 bits per heavy atom. The Kier molecular flexibility index (Phi) is 4.29. The quantitative estimate of drug-likeness (QED) is 0.592. The van der Waals surface area contributed by atoms with E-state index in [2.05, 4.69) is 4.90 Å². The number of nitrogens with two attached hydrogens (primary N) is 1. The van der Waals surface area contributed by atoms with Gasteiger partial charge in [-0.25, -0.2) is 0 Å². The molecule has 3 fully saturated rings. The Morgan fingerprint density at radius 2 is 1.80 bits per heavy atom. The van der Waals surface area contributed by atoms with Gasteiger partial charge in [0.1, 0.15) is 0 Å². The number of amidine groups is 1. The van der Waals surface area contributed by atoms with Crippen molar-refractivity contribution in [2.24, 2.45) is 11.7 Å². The summed E-state index contributed by atoms with van der Waals surface area (Å²) >= 11 is 0. The number of nitrogens with zero attached hydrogens (tertiary/aromatic N) is 1. The lowest BCUT2D eigenvalue weighted by atomic mass is 9.82. The highest BCUT2D eigenvalue weighted by Gasteiger charge is 2.41. The minimum absolute atomic E-state index is 0.0819. The molecule has 1 atom stereocenters. The van der Waals surface area contributed by atoms with Crippen molar-refractivity contribution in [2.75, 3.05) is 32.9 Å². The van der Waals surface area contributed by atoms with E-state index in [1.807, 2.05) is 0 Å². The smallest absolute Gasteiger partial charge is 0.0937 e. The topological polar surface area (TPSA) is 71.6 Å². The van der Waals surface area contributed by atoms with Crippen LogP contribution in [0.25, 0.3) is 0 Å². The molecule has 3 heterocycles. The van der Waals surface area contributed by atoms with Crippen LogP contribution >= 0.6 is 0 Å². The molecule has 0 aliphatic carbocycles. The molecule has 5 heteroatoms. The summed E-state index contributed by atoms with van der Waals surface area (Å²) in [5.74, 6) is 0.681. The summed E-state index contributed by atoms with van der Waals surface area (Å²) in [6.07, 6.45) is 6.49. The van der Waals surface area contributed by atoms with E-state index >= 15 is 0 Å². The maximum Gasteiger partial charge on any atom is 0.0937 e. The van der Waals surface area contributed by atoms with Gasteiger partial charge in [0, 0.05) is 31.8 Å². The summed E-state index contributed by atoms with van der Waals surface area (Å²) in [6.45, 7) is 4.75. The third-order valence-corrected chi connectivity index (χ3v) is 5.36. The minimum Gasteiger partial charge on any atom is -0.387 e. The number of likely N-dealkylation sites (tertiary alicyclic amines) is 1. The van der Waals surface area contributed by atoms with Crippen molar-refractivity contribution in [3.05, 3.63) is 0 Å². The highest BCUT2D eigenvalue weighted by Crippen LogP contribution is 2.37. The van der Waals surface area contributed by atoms with Crippen LogP contribution in [-0.4, -0.2) is 55.3 Å². The predicted octanol–water partition coefficient (Wildman–Crippen LogP) is 1.36. The van der Waals surface area contributed by atoms with E-state index in [1.165, 1.54) is 0 Å². The van der Waals surface area contributed by atoms with Crippen molar-refractivity contribution in [1.82, 2.24) is 4.90 Å². The third kappa shape index (κ3) is 3.00. The first kappa shape index (κ1) is 14.3. The molecule has 0 aromatic rings. The van der Waals surface area contributed by atoms with E-state index in [9.17, 15) is 0 Å². The summed E-state index contributed by atoms with van der Waals surface area (Å²) in [5, 5.41) is 7.58. The van der Waals surface area contributed by atoms with Gasteiger partial charge in [-0.15, -0.1) is 0 Å². The summed E-state index contributed by atoms with van der Waals surface area (Å²) in [5.41, 5.74) is 5.72. The van der Waals surface area contributed by atoms with Crippen molar-refractivity contribution in [3.8, 4) is 0 Å². The molecular weight excluding hydrogens is 254 g/mol. The maximum atomic E-state index is 7.58. The number of hydrogen-bond donors (Lipinski definition) is 2. The predicted molar refractivity (Wildman–Crippen MR) is 78.0 cm³/mol. The van der Waals surface area contributed by atoms with Crippen molar-refractivity contribution in [2.45, 2.75) is 50.2 Å². The molecule has 1 unspecified atom stereocenters. The first-order valence-electron chi connectivity index (χ1n) is 7.98. The molecule has 3 aliphatic heterocycles. The lowest BCUT2D eigenvalue weighted by Crippen LogP contribution is -2.53. The Labute approximate surface area is 121 Å². The van der Waals surface area contributed by atoms with Crippen molar-refractivity contribution in [1.29, 1.82) is 5.41 Å². The zero-order valence-electron chi connectivity index (χ0n) is 12.3. The number of hydrogen-bond acceptors (Lipinski definition) is 4. The molecule has 20 heavy (non-hydrogen) atoms. The van der Waals surface area contributed by atoms with Gasteiger partial charge in [0.05, 0.1) is 11.4 Å². The van der Waals surface area contributed by atoms with E-state index in [1.54, 1.807) is 0 Å². The Bertz CT molecular complexity index is 342. The van der Waals surface area contributed by atoms with Crippen LogP contribution in [0.15, 0.2) is 0 Å². The van der Waals surface area contributed by atoms with E-state index in [-0.39, 0.29) is 5.60 Å². The molecule has 3 N–H and O–H groups in total. The molecule has 0 aromatic heterocycles. The highest BCUT2D eigenvalue weighted by molar-refractivity contribution is 5.79. The first-order chi connectivity index (χ1) is 9.69. The third-order valence-electron chi connectivity index (χ3n) is 5.36. The molecule has 3 rings (SSSR count). The fraction of sp³-hybridized carbons (Fsp3) is 0.933. The summed E-state index contributed by atoms with van der Waals surface area (Å²) < 4.78 is 11.6.